The molecule has 5 nitrogen and oxygen atoms in total. The molecular formula is C12H17ClN4O. The molecule has 0 radical (unpaired) electrons. The van der Waals surface area contributed by atoms with Gasteiger partial charge in [0.25, 0.3) is 5.91 Å². The molecule has 1 fully saturated rings. The van der Waals surface area contributed by atoms with Crippen molar-refractivity contribution in [1.29, 1.82) is 0 Å². The van der Waals surface area contributed by atoms with Gasteiger partial charge in [0.1, 0.15) is 11.0 Å². The number of nitrogens with zero attached hydrogens (tertiary/aromatic N) is 1. The number of carbonyl (C=O) groups is 1. The number of nitrogen functional groups attached to an aromatic ring is 1. The Morgan fingerprint density at radius 1 is 1.61 bits per heavy atom. The highest BCUT2D eigenvalue weighted by molar-refractivity contribution is 6.29. The summed E-state index contributed by atoms with van der Waals surface area (Å²) in [4.78, 5) is 15.9. The highest BCUT2D eigenvalue weighted by atomic mass is 35.5. The molecule has 1 unspecified atom stereocenters. The van der Waals surface area contributed by atoms with E-state index in [0.29, 0.717) is 29.3 Å². The van der Waals surface area contributed by atoms with Gasteiger partial charge >= 0.3 is 0 Å². The van der Waals surface area contributed by atoms with E-state index in [1.54, 1.807) is 6.07 Å². The molecule has 0 aliphatic heterocycles. The Bertz CT molecular complexity index is 475. The molecule has 18 heavy (non-hydrogen) atoms. The number of nitrogens with two attached hydrogens (primary N) is 1. The number of amides is 1. The zero-order valence-electron chi connectivity index (χ0n) is 10.5. The van der Waals surface area contributed by atoms with E-state index in [1.807, 2.05) is 0 Å². The van der Waals surface area contributed by atoms with Gasteiger partial charge in [0.15, 0.2) is 0 Å². The second-order valence-corrected chi connectivity index (χ2v) is 5.70. The number of aromatic nitrogens is 1. The van der Waals surface area contributed by atoms with Crippen molar-refractivity contribution in [2.24, 2.45) is 17.2 Å². The van der Waals surface area contributed by atoms with Gasteiger partial charge in [-0.15, -0.1) is 0 Å². The van der Waals surface area contributed by atoms with Gasteiger partial charge in [0.2, 0.25) is 0 Å². The number of hydrogen-bond donors (Lipinski definition) is 3. The smallest absolute Gasteiger partial charge is 0.251 e. The van der Waals surface area contributed by atoms with Crippen LogP contribution >= 0.6 is 11.6 Å². The predicted octanol–water partition coefficient (Wildman–Crippen LogP) is 1.80. The lowest BCUT2D eigenvalue weighted by atomic mass is 10.1. The molecule has 0 aromatic carbocycles. The first-order valence-corrected chi connectivity index (χ1v) is 6.22. The number of halogens is 1. The average molecular weight is 269 g/mol. The van der Waals surface area contributed by atoms with Crippen LogP contribution in [0.1, 0.15) is 30.6 Å². The highest BCUT2D eigenvalue weighted by Crippen LogP contribution is 2.50. The van der Waals surface area contributed by atoms with Crippen molar-refractivity contribution in [3.05, 3.63) is 22.8 Å². The zero-order valence-corrected chi connectivity index (χ0v) is 11.2. The van der Waals surface area contributed by atoms with Gasteiger partial charge in [-0.25, -0.2) is 10.8 Å². The quantitative estimate of drug-likeness (QED) is 0.442. The van der Waals surface area contributed by atoms with E-state index in [1.165, 1.54) is 6.07 Å². The molecule has 1 heterocycles. The topological polar surface area (TPSA) is 80.0 Å². The van der Waals surface area contributed by atoms with E-state index in [2.05, 4.69) is 29.6 Å². The van der Waals surface area contributed by atoms with Crippen LogP contribution in [0.4, 0.5) is 5.82 Å². The number of carbonyl (C=O) groups excluding carboxylic acids is 1. The van der Waals surface area contributed by atoms with Gasteiger partial charge in [-0.05, 0) is 29.9 Å². The lowest BCUT2D eigenvalue weighted by Crippen LogP contribution is -2.27. The molecule has 1 saturated carbocycles. The monoisotopic (exact) mass is 268 g/mol. The third-order valence-electron chi connectivity index (χ3n) is 3.43. The van der Waals surface area contributed by atoms with Gasteiger partial charge in [-0.1, -0.05) is 25.4 Å². The summed E-state index contributed by atoms with van der Waals surface area (Å²) in [7, 11) is 0. The van der Waals surface area contributed by atoms with Crippen molar-refractivity contribution in [3.8, 4) is 0 Å². The Morgan fingerprint density at radius 3 is 2.83 bits per heavy atom. The van der Waals surface area contributed by atoms with E-state index in [4.69, 9.17) is 17.4 Å². The minimum Gasteiger partial charge on any atom is -0.352 e. The molecule has 4 N–H and O–H groups in total. The van der Waals surface area contributed by atoms with Crippen LogP contribution in [0.3, 0.4) is 0 Å². The molecule has 1 atom stereocenters. The molecule has 0 spiro atoms. The van der Waals surface area contributed by atoms with Crippen molar-refractivity contribution < 1.29 is 4.79 Å². The van der Waals surface area contributed by atoms with Gasteiger partial charge < -0.3 is 10.7 Å². The summed E-state index contributed by atoms with van der Waals surface area (Å²) < 4.78 is 0. The van der Waals surface area contributed by atoms with Crippen LogP contribution in [-0.4, -0.2) is 17.4 Å². The Balaban J connectivity index is 1.98. The van der Waals surface area contributed by atoms with Crippen LogP contribution in [0.25, 0.3) is 0 Å². The highest BCUT2D eigenvalue weighted by Gasteiger charge is 2.45. The van der Waals surface area contributed by atoms with Crippen LogP contribution in [-0.2, 0) is 0 Å². The minimum atomic E-state index is -0.154. The second-order valence-electron chi connectivity index (χ2n) is 5.31. The minimum absolute atomic E-state index is 0.154. The van der Waals surface area contributed by atoms with Crippen LogP contribution in [0.5, 0.6) is 0 Å². The normalized spacial score (nSPS) is 20.3. The third kappa shape index (κ3) is 2.91. The molecule has 6 heteroatoms. The maximum Gasteiger partial charge on any atom is 0.251 e. The molecule has 1 aromatic rings. The molecule has 1 amide bonds. The first kappa shape index (κ1) is 13.1. The number of hydrogen-bond acceptors (Lipinski definition) is 4. The van der Waals surface area contributed by atoms with Crippen molar-refractivity contribution >= 4 is 23.3 Å². The van der Waals surface area contributed by atoms with E-state index < -0.39 is 0 Å². The Hall–Kier alpha value is -1.33. The maximum atomic E-state index is 11.9. The Kier molecular flexibility index (Phi) is 3.45. The second kappa shape index (κ2) is 4.74. The average Bonchev–Trinajstić information content (AvgIpc) is 2.93. The van der Waals surface area contributed by atoms with Gasteiger partial charge in [-0.3, -0.25) is 4.79 Å². The Morgan fingerprint density at radius 2 is 2.28 bits per heavy atom. The van der Waals surface area contributed by atoms with E-state index in [9.17, 15) is 4.79 Å². The maximum absolute atomic E-state index is 11.9. The number of anilines is 1. The molecule has 0 bridgehead atoms. The van der Waals surface area contributed by atoms with Gasteiger partial charge in [-0.2, -0.15) is 0 Å². The fourth-order valence-corrected chi connectivity index (χ4v) is 2.15. The molecule has 98 valence electrons. The Labute approximate surface area is 111 Å². The van der Waals surface area contributed by atoms with E-state index in [-0.39, 0.29) is 11.1 Å². The molecular weight excluding hydrogens is 252 g/mol. The summed E-state index contributed by atoms with van der Waals surface area (Å²) in [5.41, 5.74) is 3.19. The SMILES string of the molecule is CC1(C)CC1CNC(=O)c1cc(Cl)nc(NN)c1. The van der Waals surface area contributed by atoms with Crippen LogP contribution < -0.4 is 16.6 Å². The lowest BCUT2D eigenvalue weighted by Gasteiger charge is -2.08. The number of nitrogens with one attached hydrogen (secondary N) is 2. The van der Waals surface area contributed by atoms with Gasteiger partial charge in [0.05, 0.1) is 0 Å². The fourth-order valence-electron chi connectivity index (χ4n) is 1.94. The lowest BCUT2D eigenvalue weighted by molar-refractivity contribution is 0.0950. The summed E-state index contributed by atoms with van der Waals surface area (Å²) in [5, 5.41) is 3.14. The fraction of sp³-hybridized carbons (Fsp3) is 0.500. The summed E-state index contributed by atoms with van der Waals surface area (Å²) >= 11 is 5.81. The molecule has 1 aromatic heterocycles. The van der Waals surface area contributed by atoms with Crippen molar-refractivity contribution in [2.45, 2.75) is 20.3 Å². The summed E-state index contributed by atoms with van der Waals surface area (Å²) in [6, 6.07) is 3.09. The number of rotatable bonds is 4. The molecule has 0 saturated heterocycles. The zero-order chi connectivity index (χ0) is 13.3. The van der Waals surface area contributed by atoms with Crippen LogP contribution in [0.15, 0.2) is 12.1 Å². The first-order chi connectivity index (χ1) is 8.42. The van der Waals surface area contributed by atoms with Crippen molar-refractivity contribution in [1.82, 2.24) is 10.3 Å². The molecule has 1 aliphatic carbocycles. The van der Waals surface area contributed by atoms with E-state index >= 15 is 0 Å². The molecule has 1 aliphatic rings. The van der Waals surface area contributed by atoms with Crippen LogP contribution in [0.2, 0.25) is 5.15 Å². The standard InChI is InChI=1S/C12H17ClN4O/c1-12(2)5-8(12)6-15-11(18)7-3-9(13)16-10(4-7)17-14/h3-4,8H,5-6,14H2,1-2H3,(H,15,18)(H,16,17). The third-order valence-corrected chi connectivity index (χ3v) is 3.62. The summed E-state index contributed by atoms with van der Waals surface area (Å²) in [6.45, 7) is 5.09. The summed E-state index contributed by atoms with van der Waals surface area (Å²) in [6.07, 6.45) is 1.15. The predicted molar refractivity (Wildman–Crippen MR) is 71.3 cm³/mol. The molecule has 2 rings (SSSR count). The van der Waals surface area contributed by atoms with Crippen LogP contribution in [0, 0.1) is 11.3 Å². The largest absolute Gasteiger partial charge is 0.352 e. The van der Waals surface area contributed by atoms with Gasteiger partial charge in [0, 0.05) is 12.1 Å². The van der Waals surface area contributed by atoms with E-state index in [0.717, 1.165) is 6.42 Å². The number of hydrazine groups is 1. The number of pyridine rings is 1. The summed E-state index contributed by atoms with van der Waals surface area (Å²) in [5.74, 6) is 6.03. The van der Waals surface area contributed by atoms with Crippen molar-refractivity contribution in [2.75, 3.05) is 12.0 Å². The van der Waals surface area contributed by atoms with Crippen molar-refractivity contribution in [3.63, 3.8) is 0 Å². The first-order valence-electron chi connectivity index (χ1n) is 5.85.